The van der Waals surface area contributed by atoms with Crippen molar-refractivity contribution in [2.24, 2.45) is 0 Å². The SMILES string of the molecule is C=O.COc1ccc([N+](=O)[O-])cc1. The first-order chi connectivity index (χ1) is 6.24. The van der Waals surface area contributed by atoms with Gasteiger partial charge in [-0.1, -0.05) is 0 Å². The van der Waals surface area contributed by atoms with Crippen molar-refractivity contribution in [1.82, 2.24) is 0 Å². The maximum absolute atomic E-state index is 10.2. The van der Waals surface area contributed by atoms with Crippen LogP contribution in [-0.2, 0) is 4.79 Å². The molecular weight excluding hydrogens is 174 g/mol. The zero-order chi connectivity index (χ0) is 10.3. The van der Waals surface area contributed by atoms with Crippen LogP contribution in [0.1, 0.15) is 0 Å². The number of nitro benzene ring substituents is 1. The Hall–Kier alpha value is -1.91. The Morgan fingerprint density at radius 1 is 1.31 bits per heavy atom. The smallest absolute Gasteiger partial charge is 0.269 e. The van der Waals surface area contributed by atoms with Gasteiger partial charge in [-0.3, -0.25) is 10.1 Å². The number of benzene rings is 1. The zero-order valence-corrected chi connectivity index (χ0v) is 7.10. The fourth-order valence-electron chi connectivity index (χ4n) is 0.704. The lowest BCUT2D eigenvalue weighted by Crippen LogP contribution is -1.87. The average Bonchev–Trinajstić information content (AvgIpc) is 2.21. The molecule has 0 atom stereocenters. The number of nitro groups is 1. The molecule has 0 aliphatic rings. The van der Waals surface area contributed by atoms with Crippen molar-refractivity contribution >= 4 is 12.5 Å². The third-order valence-corrected chi connectivity index (χ3v) is 1.28. The number of carbonyl (C=O) groups excluding carboxylic acids is 1. The third kappa shape index (κ3) is 3.33. The lowest BCUT2D eigenvalue weighted by atomic mass is 10.3. The number of hydrogen-bond acceptors (Lipinski definition) is 4. The molecule has 0 saturated heterocycles. The van der Waals surface area contributed by atoms with Crippen molar-refractivity contribution < 1.29 is 14.5 Å². The van der Waals surface area contributed by atoms with E-state index in [0.29, 0.717) is 5.75 Å². The second-order valence-electron chi connectivity index (χ2n) is 1.96. The molecule has 0 N–H and O–H groups in total. The van der Waals surface area contributed by atoms with E-state index >= 15 is 0 Å². The molecular formula is C8H9NO4. The van der Waals surface area contributed by atoms with E-state index in [0.717, 1.165) is 0 Å². The Kier molecular flexibility index (Phi) is 4.87. The highest BCUT2D eigenvalue weighted by atomic mass is 16.6. The first-order valence-electron chi connectivity index (χ1n) is 3.31. The van der Waals surface area contributed by atoms with Gasteiger partial charge in [0.05, 0.1) is 12.0 Å². The van der Waals surface area contributed by atoms with Crippen molar-refractivity contribution in [3.63, 3.8) is 0 Å². The van der Waals surface area contributed by atoms with Crippen LogP contribution < -0.4 is 4.74 Å². The Morgan fingerprint density at radius 3 is 2.08 bits per heavy atom. The third-order valence-electron chi connectivity index (χ3n) is 1.28. The van der Waals surface area contributed by atoms with Crippen LogP contribution in [0.2, 0.25) is 0 Å². The van der Waals surface area contributed by atoms with Crippen LogP contribution in [0.25, 0.3) is 0 Å². The molecule has 0 amide bonds. The summed E-state index contributed by atoms with van der Waals surface area (Å²) in [6, 6.07) is 5.91. The monoisotopic (exact) mass is 183 g/mol. The lowest BCUT2D eigenvalue weighted by Gasteiger charge is -1.96. The van der Waals surface area contributed by atoms with Gasteiger partial charge in [-0.15, -0.1) is 0 Å². The van der Waals surface area contributed by atoms with Crippen molar-refractivity contribution in [3.8, 4) is 5.75 Å². The van der Waals surface area contributed by atoms with Crippen LogP contribution in [0.3, 0.4) is 0 Å². The van der Waals surface area contributed by atoms with E-state index in [-0.39, 0.29) is 5.69 Å². The summed E-state index contributed by atoms with van der Waals surface area (Å²) in [5.41, 5.74) is 0.0748. The van der Waals surface area contributed by atoms with Gasteiger partial charge in [0, 0.05) is 12.1 Å². The van der Waals surface area contributed by atoms with Crippen LogP contribution in [0, 0.1) is 10.1 Å². The molecule has 0 spiro atoms. The Morgan fingerprint density at radius 2 is 1.77 bits per heavy atom. The van der Waals surface area contributed by atoms with E-state index in [1.54, 1.807) is 12.1 Å². The van der Waals surface area contributed by atoms with E-state index in [1.807, 2.05) is 6.79 Å². The summed E-state index contributed by atoms with van der Waals surface area (Å²) < 4.78 is 4.83. The quantitative estimate of drug-likeness (QED) is 0.513. The number of hydrogen-bond donors (Lipinski definition) is 0. The van der Waals surface area contributed by atoms with Gasteiger partial charge in [0.1, 0.15) is 12.5 Å². The number of ether oxygens (including phenoxy) is 1. The standard InChI is InChI=1S/C7H7NO3.CH2O/c1-11-7-4-2-6(3-5-7)8(9)10;1-2/h2-5H,1H3;1H2. The highest BCUT2D eigenvalue weighted by Gasteiger charge is 2.02. The molecule has 1 aromatic carbocycles. The largest absolute Gasteiger partial charge is 0.497 e. The van der Waals surface area contributed by atoms with Crippen molar-refractivity contribution in [3.05, 3.63) is 34.4 Å². The molecule has 0 heterocycles. The molecule has 0 radical (unpaired) electrons. The molecule has 1 rings (SSSR count). The molecule has 0 bridgehead atoms. The molecule has 13 heavy (non-hydrogen) atoms. The van der Waals surface area contributed by atoms with Crippen LogP contribution in [0.5, 0.6) is 5.75 Å². The molecule has 0 fully saturated rings. The predicted molar refractivity (Wildman–Crippen MR) is 46.8 cm³/mol. The zero-order valence-electron chi connectivity index (χ0n) is 7.10. The van der Waals surface area contributed by atoms with Crippen molar-refractivity contribution in [2.75, 3.05) is 7.11 Å². The van der Waals surface area contributed by atoms with Crippen LogP contribution in [-0.4, -0.2) is 18.8 Å². The van der Waals surface area contributed by atoms with Gasteiger partial charge in [0.2, 0.25) is 0 Å². The Bertz CT molecular complexity index is 270. The van der Waals surface area contributed by atoms with Gasteiger partial charge in [0.25, 0.3) is 5.69 Å². The average molecular weight is 183 g/mol. The summed E-state index contributed by atoms with van der Waals surface area (Å²) in [5.74, 6) is 0.621. The second kappa shape index (κ2) is 5.70. The first-order valence-corrected chi connectivity index (χ1v) is 3.31. The number of non-ortho nitro benzene ring substituents is 1. The highest BCUT2D eigenvalue weighted by Crippen LogP contribution is 2.16. The van der Waals surface area contributed by atoms with Crippen LogP contribution in [0.15, 0.2) is 24.3 Å². The van der Waals surface area contributed by atoms with Gasteiger partial charge in [0.15, 0.2) is 0 Å². The fourth-order valence-corrected chi connectivity index (χ4v) is 0.704. The number of methoxy groups -OCH3 is 1. The van der Waals surface area contributed by atoms with Crippen LogP contribution in [0.4, 0.5) is 5.69 Å². The topological polar surface area (TPSA) is 69.4 Å². The maximum atomic E-state index is 10.2. The van der Waals surface area contributed by atoms with Crippen molar-refractivity contribution in [1.29, 1.82) is 0 Å². The van der Waals surface area contributed by atoms with Gasteiger partial charge < -0.3 is 9.53 Å². The molecule has 5 heteroatoms. The van der Waals surface area contributed by atoms with E-state index in [9.17, 15) is 10.1 Å². The molecule has 0 aliphatic carbocycles. The van der Waals surface area contributed by atoms with E-state index in [1.165, 1.54) is 19.2 Å². The second-order valence-corrected chi connectivity index (χ2v) is 1.96. The Labute approximate surface area is 75.1 Å². The summed E-state index contributed by atoms with van der Waals surface area (Å²) >= 11 is 0. The van der Waals surface area contributed by atoms with Crippen LogP contribution >= 0.6 is 0 Å². The summed E-state index contributed by atoms with van der Waals surface area (Å²) in [4.78, 5) is 17.7. The summed E-state index contributed by atoms with van der Waals surface area (Å²) in [6.45, 7) is 2.00. The summed E-state index contributed by atoms with van der Waals surface area (Å²) in [6.07, 6.45) is 0. The molecule has 0 aromatic heterocycles. The van der Waals surface area contributed by atoms with Gasteiger partial charge in [-0.25, -0.2) is 0 Å². The normalized spacial score (nSPS) is 8.08. The minimum Gasteiger partial charge on any atom is -0.497 e. The van der Waals surface area contributed by atoms with E-state index in [4.69, 9.17) is 9.53 Å². The maximum Gasteiger partial charge on any atom is 0.269 e. The predicted octanol–water partition coefficient (Wildman–Crippen LogP) is 1.42. The molecule has 0 saturated carbocycles. The molecule has 5 nitrogen and oxygen atoms in total. The molecule has 0 aliphatic heterocycles. The molecule has 1 aromatic rings. The molecule has 70 valence electrons. The summed E-state index contributed by atoms with van der Waals surface area (Å²) in [5, 5.41) is 10.2. The minimum atomic E-state index is -0.445. The van der Waals surface area contributed by atoms with Gasteiger partial charge in [-0.2, -0.15) is 0 Å². The fraction of sp³-hybridized carbons (Fsp3) is 0.125. The number of rotatable bonds is 2. The summed E-state index contributed by atoms with van der Waals surface area (Å²) in [7, 11) is 1.52. The highest BCUT2D eigenvalue weighted by molar-refractivity contribution is 5.35. The number of carbonyl (C=O) groups is 1. The van der Waals surface area contributed by atoms with Gasteiger partial charge >= 0.3 is 0 Å². The number of nitrogens with zero attached hydrogens (tertiary/aromatic N) is 1. The van der Waals surface area contributed by atoms with Gasteiger partial charge in [-0.05, 0) is 12.1 Å². The molecule has 0 unspecified atom stereocenters. The lowest BCUT2D eigenvalue weighted by molar-refractivity contribution is -0.384. The Balaban J connectivity index is 0.000000671. The van der Waals surface area contributed by atoms with E-state index < -0.39 is 4.92 Å². The minimum absolute atomic E-state index is 0.0748. The van der Waals surface area contributed by atoms with Crippen molar-refractivity contribution in [2.45, 2.75) is 0 Å². The van der Waals surface area contributed by atoms with E-state index in [2.05, 4.69) is 0 Å². The first kappa shape index (κ1) is 11.1.